The van der Waals surface area contributed by atoms with E-state index in [0.29, 0.717) is 0 Å². The van der Waals surface area contributed by atoms with E-state index in [1.54, 1.807) is 0 Å². The van der Waals surface area contributed by atoms with Crippen molar-refractivity contribution in [3.8, 4) is 18.1 Å². The van der Waals surface area contributed by atoms with Crippen molar-refractivity contribution in [3.05, 3.63) is 58.1 Å². The van der Waals surface area contributed by atoms with Crippen molar-refractivity contribution in [2.24, 2.45) is 0 Å². The van der Waals surface area contributed by atoms with Gasteiger partial charge in [-0.2, -0.15) is 0 Å². The topological polar surface area (TPSA) is 21.3 Å². The van der Waals surface area contributed by atoms with Crippen molar-refractivity contribution in [2.75, 3.05) is 11.9 Å². The molecule has 20 heavy (non-hydrogen) atoms. The summed E-state index contributed by atoms with van der Waals surface area (Å²) < 4.78 is 6.76. The second-order valence-corrected chi connectivity index (χ2v) is 5.66. The fraction of sp³-hybridized carbons (Fsp3) is 0.176. The molecule has 0 saturated heterocycles. The Morgan fingerprint density at radius 3 is 3.00 bits per heavy atom. The largest absolute Gasteiger partial charge is 0.493 e. The molecule has 1 atom stereocenters. The fourth-order valence-corrected chi connectivity index (χ4v) is 2.79. The van der Waals surface area contributed by atoms with Gasteiger partial charge in [0.1, 0.15) is 5.75 Å². The maximum Gasteiger partial charge on any atom is 0.124 e. The molecule has 0 bridgehead atoms. The highest BCUT2D eigenvalue weighted by atomic mass is 79.9. The molecule has 2 nitrogen and oxygen atoms in total. The molecule has 1 aliphatic rings. The quantitative estimate of drug-likeness (QED) is 0.827. The van der Waals surface area contributed by atoms with E-state index in [0.717, 1.165) is 34.5 Å². The first kappa shape index (κ1) is 13.1. The Kier molecular flexibility index (Phi) is 3.66. The molecule has 0 spiro atoms. The van der Waals surface area contributed by atoms with Crippen molar-refractivity contribution < 1.29 is 4.74 Å². The summed E-state index contributed by atoms with van der Waals surface area (Å²) in [5.41, 5.74) is 3.10. The van der Waals surface area contributed by atoms with Crippen molar-refractivity contribution in [1.82, 2.24) is 0 Å². The number of rotatable bonds is 2. The second kappa shape index (κ2) is 5.60. The molecule has 1 N–H and O–H groups in total. The number of benzene rings is 2. The number of halogens is 1. The van der Waals surface area contributed by atoms with Crippen LogP contribution >= 0.6 is 15.9 Å². The summed E-state index contributed by atoms with van der Waals surface area (Å²) in [5.74, 6) is 3.61. The lowest BCUT2D eigenvalue weighted by atomic mass is 10.00. The number of nitrogens with one attached hydrogen (secondary N) is 1. The average Bonchev–Trinajstić information content (AvgIpc) is 2.48. The first-order chi connectivity index (χ1) is 9.76. The van der Waals surface area contributed by atoms with E-state index in [1.165, 1.54) is 5.56 Å². The van der Waals surface area contributed by atoms with E-state index in [1.807, 2.05) is 36.4 Å². The zero-order valence-corrected chi connectivity index (χ0v) is 12.5. The molecule has 1 unspecified atom stereocenters. The van der Waals surface area contributed by atoms with Crippen molar-refractivity contribution in [3.63, 3.8) is 0 Å². The molecule has 3 rings (SSSR count). The van der Waals surface area contributed by atoms with Crippen LogP contribution in [-0.2, 0) is 0 Å². The van der Waals surface area contributed by atoms with E-state index >= 15 is 0 Å². The molecule has 0 radical (unpaired) electrons. The lowest BCUT2D eigenvalue weighted by molar-refractivity contribution is 0.274. The highest BCUT2D eigenvalue weighted by molar-refractivity contribution is 9.10. The maximum atomic E-state index is 5.70. The van der Waals surface area contributed by atoms with Gasteiger partial charge in [-0.1, -0.05) is 27.9 Å². The van der Waals surface area contributed by atoms with Crippen LogP contribution in [0, 0.1) is 12.3 Å². The Morgan fingerprint density at radius 1 is 1.25 bits per heavy atom. The summed E-state index contributed by atoms with van der Waals surface area (Å²) >= 11 is 3.52. The molecule has 1 aliphatic heterocycles. The Hall–Kier alpha value is -1.92. The predicted molar refractivity (Wildman–Crippen MR) is 85.0 cm³/mol. The monoisotopic (exact) mass is 327 g/mol. The van der Waals surface area contributed by atoms with E-state index in [-0.39, 0.29) is 6.04 Å². The Balaban J connectivity index is 1.89. The SMILES string of the molecule is C#Cc1cccc(NC2CCOc3ccc(Br)cc32)c1. The van der Waals surface area contributed by atoms with E-state index < -0.39 is 0 Å². The molecule has 2 aromatic rings. The zero-order chi connectivity index (χ0) is 13.9. The Labute approximate surface area is 127 Å². The minimum Gasteiger partial charge on any atom is -0.493 e. The van der Waals surface area contributed by atoms with Gasteiger partial charge in [-0.05, 0) is 36.4 Å². The number of hydrogen-bond donors (Lipinski definition) is 1. The third-order valence-corrected chi connectivity index (χ3v) is 3.87. The summed E-state index contributed by atoms with van der Waals surface area (Å²) in [6.07, 6.45) is 6.38. The fourth-order valence-electron chi connectivity index (χ4n) is 2.42. The maximum absolute atomic E-state index is 5.70. The lowest BCUT2D eigenvalue weighted by Crippen LogP contribution is -2.20. The number of anilines is 1. The third-order valence-electron chi connectivity index (χ3n) is 3.38. The van der Waals surface area contributed by atoms with Gasteiger partial charge in [0.15, 0.2) is 0 Å². The summed E-state index contributed by atoms with van der Waals surface area (Å²) in [4.78, 5) is 0. The third kappa shape index (κ3) is 2.66. The standard InChI is InChI=1S/C17H14BrNO/c1-2-12-4-3-5-14(10-12)19-16-8-9-20-17-7-6-13(18)11-15(16)17/h1,3-7,10-11,16,19H,8-9H2. The van der Waals surface area contributed by atoms with Crippen LogP contribution in [0.1, 0.15) is 23.6 Å². The van der Waals surface area contributed by atoms with Gasteiger partial charge in [-0.15, -0.1) is 6.42 Å². The molecule has 0 amide bonds. The lowest BCUT2D eigenvalue weighted by Gasteiger charge is -2.27. The number of fused-ring (bicyclic) bond motifs is 1. The second-order valence-electron chi connectivity index (χ2n) is 4.74. The van der Waals surface area contributed by atoms with Crippen LogP contribution in [0.2, 0.25) is 0 Å². The van der Waals surface area contributed by atoms with Gasteiger partial charge in [-0.25, -0.2) is 0 Å². The highest BCUT2D eigenvalue weighted by Crippen LogP contribution is 2.36. The molecular weight excluding hydrogens is 314 g/mol. The van der Waals surface area contributed by atoms with Crippen molar-refractivity contribution in [2.45, 2.75) is 12.5 Å². The van der Waals surface area contributed by atoms with Crippen molar-refractivity contribution >= 4 is 21.6 Å². The van der Waals surface area contributed by atoms with Gasteiger partial charge >= 0.3 is 0 Å². The van der Waals surface area contributed by atoms with Gasteiger partial charge in [0.25, 0.3) is 0 Å². The van der Waals surface area contributed by atoms with Gasteiger partial charge in [0, 0.05) is 27.7 Å². The summed E-state index contributed by atoms with van der Waals surface area (Å²) in [6.45, 7) is 0.723. The summed E-state index contributed by atoms with van der Waals surface area (Å²) in [7, 11) is 0. The van der Waals surface area contributed by atoms with E-state index in [2.05, 4.69) is 33.2 Å². The normalized spacial score (nSPS) is 16.7. The molecule has 0 fully saturated rings. The summed E-state index contributed by atoms with van der Waals surface area (Å²) in [5, 5.41) is 3.54. The van der Waals surface area contributed by atoms with Crippen LogP contribution in [0.15, 0.2) is 46.9 Å². The van der Waals surface area contributed by atoms with Gasteiger partial charge in [-0.3, -0.25) is 0 Å². The minimum absolute atomic E-state index is 0.240. The molecule has 0 aliphatic carbocycles. The Morgan fingerprint density at radius 2 is 2.15 bits per heavy atom. The van der Waals surface area contributed by atoms with Crippen LogP contribution in [0.25, 0.3) is 0 Å². The van der Waals surface area contributed by atoms with Crippen LogP contribution in [-0.4, -0.2) is 6.61 Å². The first-order valence-corrected chi connectivity index (χ1v) is 7.31. The molecule has 0 saturated carbocycles. The van der Waals surface area contributed by atoms with Gasteiger partial charge < -0.3 is 10.1 Å². The molecule has 0 aromatic heterocycles. The van der Waals surface area contributed by atoms with Crippen LogP contribution in [0.5, 0.6) is 5.75 Å². The number of hydrogen-bond acceptors (Lipinski definition) is 2. The van der Waals surface area contributed by atoms with Crippen LogP contribution < -0.4 is 10.1 Å². The number of ether oxygens (including phenoxy) is 1. The van der Waals surface area contributed by atoms with Crippen molar-refractivity contribution in [1.29, 1.82) is 0 Å². The van der Waals surface area contributed by atoms with Gasteiger partial charge in [0.05, 0.1) is 12.6 Å². The smallest absolute Gasteiger partial charge is 0.124 e. The molecule has 100 valence electrons. The zero-order valence-electron chi connectivity index (χ0n) is 10.9. The highest BCUT2D eigenvalue weighted by Gasteiger charge is 2.21. The number of terminal acetylenes is 1. The van der Waals surface area contributed by atoms with Gasteiger partial charge in [0.2, 0.25) is 0 Å². The van der Waals surface area contributed by atoms with Crippen LogP contribution in [0.3, 0.4) is 0 Å². The van der Waals surface area contributed by atoms with E-state index in [4.69, 9.17) is 11.2 Å². The molecule has 2 aromatic carbocycles. The Bertz CT molecular complexity index is 675. The average molecular weight is 328 g/mol. The molecular formula is C17H14BrNO. The van der Waals surface area contributed by atoms with E-state index in [9.17, 15) is 0 Å². The minimum atomic E-state index is 0.240. The van der Waals surface area contributed by atoms with Crippen LogP contribution in [0.4, 0.5) is 5.69 Å². The molecule has 3 heteroatoms. The predicted octanol–water partition coefficient (Wildman–Crippen LogP) is 4.37. The summed E-state index contributed by atoms with van der Waals surface area (Å²) in [6, 6.07) is 14.3. The first-order valence-electron chi connectivity index (χ1n) is 6.52. The molecule has 1 heterocycles.